The van der Waals surface area contributed by atoms with Gasteiger partial charge in [0.05, 0.1) is 0 Å². The van der Waals surface area contributed by atoms with E-state index in [0.717, 1.165) is 0 Å². The highest BCUT2D eigenvalue weighted by Gasteiger charge is 2.23. The van der Waals surface area contributed by atoms with Gasteiger partial charge in [0.1, 0.15) is 5.84 Å². The first-order chi connectivity index (χ1) is 8.95. The van der Waals surface area contributed by atoms with E-state index in [1.165, 1.54) is 6.07 Å². The molecule has 0 aliphatic rings. The quantitative estimate of drug-likeness (QED) is 0.284. The predicted octanol–water partition coefficient (Wildman–Crippen LogP) is -1.46. The zero-order chi connectivity index (χ0) is 14.4. The van der Waals surface area contributed by atoms with Gasteiger partial charge in [-0.25, -0.2) is 0 Å². The Morgan fingerprint density at radius 2 is 2.05 bits per heavy atom. The number of carbonyl (C=O) groups excluding carboxylic acids is 2. The van der Waals surface area contributed by atoms with E-state index in [2.05, 4.69) is 10.6 Å². The minimum absolute atomic E-state index is 0.0297. The molecule has 0 aromatic heterocycles. The van der Waals surface area contributed by atoms with E-state index in [0.29, 0.717) is 11.1 Å². The van der Waals surface area contributed by atoms with Crippen LogP contribution in [0.25, 0.3) is 0 Å². The number of amidine groups is 1. The van der Waals surface area contributed by atoms with E-state index in [-0.39, 0.29) is 18.3 Å². The third-order valence-corrected chi connectivity index (χ3v) is 2.57. The third kappa shape index (κ3) is 4.07. The lowest BCUT2D eigenvalue weighted by atomic mass is 10.1. The van der Waals surface area contributed by atoms with Crippen LogP contribution in [0.3, 0.4) is 0 Å². The molecule has 0 saturated heterocycles. The molecule has 1 rings (SSSR count). The molecule has 0 aliphatic carbocycles. The molecule has 0 unspecified atom stereocenters. The van der Waals surface area contributed by atoms with Crippen LogP contribution < -0.4 is 16.4 Å². The van der Waals surface area contributed by atoms with Crippen molar-refractivity contribution in [3.8, 4) is 0 Å². The van der Waals surface area contributed by atoms with Gasteiger partial charge in [0, 0.05) is 22.5 Å². The number of benzene rings is 1. The van der Waals surface area contributed by atoms with Crippen molar-refractivity contribution >= 4 is 17.7 Å². The number of rotatable bonds is 6. The fourth-order valence-corrected chi connectivity index (χ4v) is 1.45. The Balaban J connectivity index is 2.70. The van der Waals surface area contributed by atoms with Crippen molar-refractivity contribution in [3.63, 3.8) is 0 Å². The van der Waals surface area contributed by atoms with Crippen LogP contribution in [0.2, 0.25) is 0 Å². The lowest BCUT2D eigenvalue weighted by molar-refractivity contribution is -0.139. The summed E-state index contributed by atoms with van der Waals surface area (Å²) in [6.45, 7) is 0.0297. The summed E-state index contributed by atoms with van der Waals surface area (Å²) in [5.41, 5.74) is 6.14. The van der Waals surface area contributed by atoms with Crippen LogP contribution in [0.15, 0.2) is 24.3 Å². The molecular weight excluding hydrogens is 248 g/mol. The van der Waals surface area contributed by atoms with Gasteiger partial charge < -0.3 is 21.5 Å². The van der Waals surface area contributed by atoms with Crippen LogP contribution >= 0.6 is 0 Å². The van der Waals surface area contributed by atoms with Gasteiger partial charge in [-0.05, 0) is 19.2 Å². The number of hydrogen-bond donors (Lipinski definition) is 4. The van der Waals surface area contributed by atoms with Gasteiger partial charge in [-0.2, -0.15) is 0 Å². The smallest absolute Gasteiger partial charge is 0.535 e. The summed E-state index contributed by atoms with van der Waals surface area (Å²) in [7, 11) is 1.54. The Morgan fingerprint density at radius 1 is 1.42 bits per heavy atom. The maximum absolute atomic E-state index is 11.8. The molecule has 7 nitrogen and oxygen atoms in total. The number of amides is 1. The molecular formula is C12H17N4O3+. The molecule has 7 heteroatoms. The van der Waals surface area contributed by atoms with Gasteiger partial charge in [0.15, 0.2) is 6.04 Å². The Labute approximate surface area is 110 Å². The average Bonchev–Trinajstić information content (AvgIpc) is 2.38. The van der Waals surface area contributed by atoms with Gasteiger partial charge in [0.25, 0.3) is 5.91 Å². The molecule has 0 fully saturated rings. The van der Waals surface area contributed by atoms with Crippen LogP contribution in [0, 0.1) is 5.41 Å². The SMILES string of the molecule is CN[C@@H](CNC(=O)c1cccc(C(=N)N)c1)C(=O)[OH2+]. The Morgan fingerprint density at radius 3 is 2.58 bits per heavy atom. The second-order valence-corrected chi connectivity index (χ2v) is 3.91. The van der Waals surface area contributed by atoms with E-state index < -0.39 is 12.0 Å². The maximum atomic E-state index is 11.8. The second kappa shape index (κ2) is 6.50. The van der Waals surface area contributed by atoms with Crippen molar-refractivity contribution in [2.75, 3.05) is 13.6 Å². The minimum Gasteiger partial charge on any atom is -0.563 e. The number of carbonyl (C=O) groups is 2. The average molecular weight is 265 g/mol. The fraction of sp³-hybridized carbons (Fsp3) is 0.250. The lowest BCUT2D eigenvalue weighted by Crippen LogP contribution is -2.44. The summed E-state index contributed by atoms with van der Waals surface area (Å²) >= 11 is 0. The van der Waals surface area contributed by atoms with Crippen LogP contribution in [-0.4, -0.2) is 42.5 Å². The van der Waals surface area contributed by atoms with Gasteiger partial charge >= 0.3 is 5.97 Å². The van der Waals surface area contributed by atoms with E-state index >= 15 is 0 Å². The molecule has 0 spiro atoms. The number of nitrogen functional groups attached to an aromatic ring is 1. The molecule has 1 aromatic rings. The molecule has 1 atom stereocenters. The summed E-state index contributed by atoms with van der Waals surface area (Å²) in [4.78, 5) is 22.7. The third-order valence-electron chi connectivity index (χ3n) is 2.57. The van der Waals surface area contributed by atoms with Crippen LogP contribution in [0.4, 0.5) is 0 Å². The predicted molar refractivity (Wildman–Crippen MR) is 71.3 cm³/mol. The highest BCUT2D eigenvalue weighted by atomic mass is 16.4. The Hall–Kier alpha value is -2.41. The van der Waals surface area contributed by atoms with Crippen LogP contribution in [-0.2, 0) is 4.79 Å². The number of hydrogen-bond acceptors (Lipinski definition) is 4. The molecule has 0 heterocycles. The summed E-state index contributed by atoms with van der Waals surface area (Å²) < 4.78 is 0. The molecule has 1 amide bonds. The van der Waals surface area contributed by atoms with E-state index in [1.807, 2.05) is 0 Å². The second-order valence-electron chi connectivity index (χ2n) is 3.91. The number of nitrogens with two attached hydrogens (primary N) is 1. The molecule has 1 aromatic carbocycles. The van der Waals surface area contributed by atoms with Gasteiger partial charge in [-0.15, -0.1) is 0 Å². The molecule has 0 radical (unpaired) electrons. The molecule has 0 aliphatic heterocycles. The Bertz CT molecular complexity index is 502. The minimum atomic E-state index is -0.791. The van der Waals surface area contributed by atoms with Crippen molar-refractivity contribution in [1.82, 2.24) is 10.6 Å². The topological polar surface area (TPSA) is 131 Å². The standard InChI is InChI=1S/C12H16N4O3/c1-15-9(12(18)19)6-16-11(17)8-4-2-3-7(5-8)10(13)14/h2-5,9,15H,6H2,1H3,(H3,13,14)(H,16,17)(H,18,19)/p+1/t9-/m0/s1. The van der Waals surface area contributed by atoms with Crippen molar-refractivity contribution in [3.05, 3.63) is 35.4 Å². The summed E-state index contributed by atoms with van der Waals surface area (Å²) in [6, 6.07) is 5.59. The summed E-state index contributed by atoms with van der Waals surface area (Å²) in [6.07, 6.45) is 0. The lowest BCUT2D eigenvalue weighted by Gasteiger charge is -2.09. The zero-order valence-electron chi connectivity index (χ0n) is 10.5. The highest BCUT2D eigenvalue weighted by molar-refractivity contribution is 6.00. The van der Waals surface area contributed by atoms with E-state index in [9.17, 15) is 9.59 Å². The van der Waals surface area contributed by atoms with Crippen molar-refractivity contribution < 1.29 is 14.7 Å². The number of nitrogens with one attached hydrogen (secondary N) is 3. The maximum Gasteiger partial charge on any atom is 0.535 e. The summed E-state index contributed by atoms with van der Waals surface area (Å²) in [5, 5.41) is 19.4. The first kappa shape index (κ1) is 14.7. The highest BCUT2D eigenvalue weighted by Crippen LogP contribution is 2.04. The van der Waals surface area contributed by atoms with E-state index in [1.54, 1.807) is 25.2 Å². The number of likely N-dealkylation sites (N-methyl/N-ethyl adjacent to an activating group) is 1. The fourth-order valence-electron chi connectivity index (χ4n) is 1.45. The van der Waals surface area contributed by atoms with Crippen LogP contribution in [0.1, 0.15) is 15.9 Å². The van der Waals surface area contributed by atoms with Gasteiger partial charge in [-0.1, -0.05) is 12.1 Å². The molecule has 0 saturated carbocycles. The van der Waals surface area contributed by atoms with Crippen LogP contribution in [0.5, 0.6) is 0 Å². The van der Waals surface area contributed by atoms with Crippen molar-refractivity contribution in [2.45, 2.75) is 6.04 Å². The molecule has 102 valence electrons. The first-order valence-corrected chi connectivity index (χ1v) is 5.61. The van der Waals surface area contributed by atoms with E-state index in [4.69, 9.17) is 16.2 Å². The van der Waals surface area contributed by atoms with Gasteiger partial charge in [-0.3, -0.25) is 10.2 Å². The molecule has 0 bridgehead atoms. The van der Waals surface area contributed by atoms with Crippen molar-refractivity contribution in [1.29, 1.82) is 5.41 Å². The monoisotopic (exact) mass is 265 g/mol. The van der Waals surface area contributed by atoms with Crippen molar-refractivity contribution in [2.24, 2.45) is 5.73 Å². The molecule has 19 heavy (non-hydrogen) atoms. The first-order valence-electron chi connectivity index (χ1n) is 5.61. The largest absolute Gasteiger partial charge is 0.563 e. The summed E-state index contributed by atoms with van der Waals surface area (Å²) in [5.74, 6) is -1.30. The normalized spacial score (nSPS) is 11.6. The zero-order valence-corrected chi connectivity index (χ0v) is 10.5. The Kier molecular flexibility index (Phi) is 5.01. The van der Waals surface area contributed by atoms with Gasteiger partial charge in [0.2, 0.25) is 0 Å². The molecule has 7 N–H and O–H groups in total.